The van der Waals surface area contributed by atoms with E-state index in [1.54, 1.807) is 0 Å². The van der Waals surface area contributed by atoms with Crippen molar-refractivity contribution < 1.29 is 33.6 Å². The van der Waals surface area contributed by atoms with Crippen LogP contribution in [0.4, 0.5) is 0 Å². The first-order chi connectivity index (χ1) is 13.0. The van der Waals surface area contributed by atoms with Crippen LogP contribution in [0.2, 0.25) is 0 Å². The summed E-state index contributed by atoms with van der Waals surface area (Å²) in [6.45, 7) is 9.24. The molecule has 1 aliphatic heterocycles. The van der Waals surface area contributed by atoms with E-state index < -0.39 is 36.7 Å². The van der Waals surface area contributed by atoms with E-state index in [4.69, 9.17) is 23.7 Å². The van der Waals surface area contributed by atoms with E-state index in [1.807, 2.05) is 0 Å². The van der Waals surface area contributed by atoms with Gasteiger partial charge in [-0.3, -0.25) is 4.79 Å². The number of hydrogen-bond acceptors (Lipinski definition) is 7. The highest BCUT2D eigenvalue weighted by atomic mass is 16.7. The minimum Gasteiger partial charge on any atom is -0.463 e. The maximum absolute atomic E-state index is 11.2. The maximum Gasteiger partial charge on any atom is 0.302 e. The normalized spacial score (nSPS) is 28.3. The second kappa shape index (κ2) is 14.3. The fraction of sp³-hybridized carbons (Fsp3) is 0.950. The van der Waals surface area contributed by atoms with Crippen LogP contribution in [0, 0.1) is 0 Å². The van der Waals surface area contributed by atoms with Gasteiger partial charge in [-0.05, 0) is 19.3 Å². The Balaban J connectivity index is 2.90. The molecule has 160 valence electrons. The van der Waals surface area contributed by atoms with E-state index in [2.05, 4.69) is 20.8 Å². The molecule has 3 unspecified atom stereocenters. The smallest absolute Gasteiger partial charge is 0.302 e. The lowest BCUT2D eigenvalue weighted by Crippen LogP contribution is -2.61. The predicted octanol–water partition coefficient (Wildman–Crippen LogP) is 2.82. The van der Waals surface area contributed by atoms with Crippen LogP contribution >= 0.6 is 0 Å². The Morgan fingerprint density at radius 2 is 1.33 bits per heavy atom. The Morgan fingerprint density at radius 1 is 0.852 bits per heavy atom. The Labute approximate surface area is 163 Å². The molecule has 5 atom stereocenters. The van der Waals surface area contributed by atoms with Crippen molar-refractivity contribution >= 4 is 5.97 Å². The van der Waals surface area contributed by atoms with Crippen LogP contribution in [0.3, 0.4) is 0 Å². The Hall–Kier alpha value is -0.730. The van der Waals surface area contributed by atoms with Crippen molar-refractivity contribution in [2.75, 3.05) is 26.4 Å². The van der Waals surface area contributed by atoms with E-state index in [1.165, 1.54) is 6.92 Å². The summed E-state index contributed by atoms with van der Waals surface area (Å²) in [6.07, 6.45) is 2.38. The molecule has 0 bridgehead atoms. The van der Waals surface area contributed by atoms with E-state index in [9.17, 15) is 9.90 Å². The Morgan fingerprint density at radius 3 is 1.81 bits per heavy atom. The van der Waals surface area contributed by atoms with Crippen LogP contribution in [-0.2, 0) is 28.5 Å². The lowest BCUT2D eigenvalue weighted by Gasteiger charge is -2.44. The average Bonchev–Trinajstić information content (AvgIpc) is 2.64. The molecular weight excluding hydrogens is 352 g/mol. The number of ether oxygens (including phenoxy) is 5. The van der Waals surface area contributed by atoms with Crippen LogP contribution in [0.15, 0.2) is 0 Å². The topological polar surface area (TPSA) is 83.5 Å². The average molecular weight is 391 g/mol. The van der Waals surface area contributed by atoms with Gasteiger partial charge in [-0.1, -0.05) is 40.0 Å². The first kappa shape index (κ1) is 24.3. The van der Waals surface area contributed by atoms with Gasteiger partial charge in [-0.25, -0.2) is 0 Å². The molecule has 1 fully saturated rings. The monoisotopic (exact) mass is 390 g/mol. The summed E-state index contributed by atoms with van der Waals surface area (Å²) in [6, 6.07) is 0. The third-order valence-corrected chi connectivity index (χ3v) is 4.48. The minimum absolute atomic E-state index is 0.0124. The number of aliphatic hydroxyl groups is 1. The quantitative estimate of drug-likeness (QED) is 0.361. The fourth-order valence-corrected chi connectivity index (χ4v) is 2.89. The summed E-state index contributed by atoms with van der Waals surface area (Å²) in [5, 5.41) is 10.5. The lowest BCUT2D eigenvalue weighted by molar-refractivity contribution is -0.311. The Kier molecular flexibility index (Phi) is 12.9. The standard InChI is InChI=1S/C20H38O7/c1-5-8-11-23-17-16(14-26-15(4)21)27-20(22)19(25-13-10-7-3)18(17)24-12-9-6-2/h16-20,22H,5-14H2,1-4H3/t16?,17-,18?,19?,20-/m1/s1. The molecule has 7 nitrogen and oxygen atoms in total. The third-order valence-electron chi connectivity index (χ3n) is 4.48. The van der Waals surface area contributed by atoms with Gasteiger partial charge < -0.3 is 28.8 Å². The highest BCUT2D eigenvalue weighted by molar-refractivity contribution is 5.65. The zero-order valence-corrected chi connectivity index (χ0v) is 17.4. The number of unbranched alkanes of at least 4 members (excludes halogenated alkanes) is 3. The molecule has 0 aromatic heterocycles. The molecule has 1 aliphatic rings. The van der Waals surface area contributed by atoms with Crippen LogP contribution in [-0.4, -0.2) is 68.2 Å². The molecule has 0 saturated carbocycles. The summed E-state index contributed by atoms with van der Waals surface area (Å²) in [5.74, 6) is -0.398. The van der Waals surface area contributed by atoms with Gasteiger partial charge in [0.05, 0.1) is 0 Å². The lowest BCUT2D eigenvalue weighted by atomic mass is 9.98. The molecular formula is C20H38O7. The summed E-state index contributed by atoms with van der Waals surface area (Å²) in [4.78, 5) is 11.2. The first-order valence-electron chi connectivity index (χ1n) is 10.4. The van der Waals surface area contributed by atoms with Gasteiger partial charge in [0.1, 0.15) is 31.0 Å². The predicted molar refractivity (Wildman–Crippen MR) is 101 cm³/mol. The molecule has 0 aromatic rings. The van der Waals surface area contributed by atoms with Crippen LogP contribution in [0.5, 0.6) is 0 Å². The van der Waals surface area contributed by atoms with Gasteiger partial charge in [-0.15, -0.1) is 0 Å². The van der Waals surface area contributed by atoms with E-state index in [0.29, 0.717) is 19.8 Å². The van der Waals surface area contributed by atoms with Crippen molar-refractivity contribution in [3.8, 4) is 0 Å². The Bertz CT molecular complexity index is 391. The number of carbonyl (C=O) groups excluding carboxylic acids is 1. The summed E-state index contributed by atoms with van der Waals surface area (Å²) in [7, 11) is 0. The number of esters is 1. The van der Waals surface area contributed by atoms with E-state index >= 15 is 0 Å². The number of aliphatic hydroxyl groups excluding tert-OH is 1. The molecule has 1 N–H and O–H groups in total. The second-order valence-electron chi connectivity index (χ2n) is 6.93. The SMILES string of the molecule is CCCCOC1C(OCCCC)[C@H](O)OC(COC(C)=O)[C@H]1OCCCC. The van der Waals surface area contributed by atoms with Gasteiger partial charge in [-0.2, -0.15) is 0 Å². The minimum atomic E-state index is -1.15. The van der Waals surface area contributed by atoms with Crippen molar-refractivity contribution in [1.29, 1.82) is 0 Å². The van der Waals surface area contributed by atoms with Crippen molar-refractivity contribution in [2.24, 2.45) is 0 Å². The summed E-state index contributed by atoms with van der Waals surface area (Å²) < 4.78 is 28.9. The zero-order valence-electron chi connectivity index (χ0n) is 17.4. The molecule has 0 aromatic carbocycles. The van der Waals surface area contributed by atoms with Gasteiger partial charge in [0, 0.05) is 26.7 Å². The summed E-state index contributed by atoms with van der Waals surface area (Å²) >= 11 is 0. The zero-order chi connectivity index (χ0) is 20.1. The van der Waals surface area contributed by atoms with E-state index in [-0.39, 0.29) is 6.61 Å². The van der Waals surface area contributed by atoms with Gasteiger partial charge in [0.15, 0.2) is 6.29 Å². The second-order valence-corrected chi connectivity index (χ2v) is 6.93. The third kappa shape index (κ3) is 8.87. The number of rotatable bonds is 14. The number of hydrogen-bond donors (Lipinski definition) is 1. The molecule has 0 spiro atoms. The van der Waals surface area contributed by atoms with Crippen molar-refractivity contribution in [3.05, 3.63) is 0 Å². The van der Waals surface area contributed by atoms with Crippen LogP contribution in [0.25, 0.3) is 0 Å². The summed E-state index contributed by atoms with van der Waals surface area (Å²) in [5.41, 5.74) is 0. The van der Waals surface area contributed by atoms with Gasteiger partial charge in [0.2, 0.25) is 0 Å². The highest BCUT2D eigenvalue weighted by Gasteiger charge is 2.48. The molecule has 1 rings (SSSR count). The van der Waals surface area contributed by atoms with Crippen molar-refractivity contribution in [2.45, 2.75) is 96.9 Å². The molecule has 0 radical (unpaired) electrons. The molecule has 0 aliphatic carbocycles. The van der Waals surface area contributed by atoms with Gasteiger partial charge >= 0.3 is 5.97 Å². The van der Waals surface area contributed by atoms with Crippen molar-refractivity contribution in [3.63, 3.8) is 0 Å². The van der Waals surface area contributed by atoms with E-state index in [0.717, 1.165) is 38.5 Å². The number of carbonyl (C=O) groups is 1. The molecule has 27 heavy (non-hydrogen) atoms. The molecule has 1 saturated heterocycles. The largest absolute Gasteiger partial charge is 0.463 e. The molecule has 7 heteroatoms. The maximum atomic E-state index is 11.2. The van der Waals surface area contributed by atoms with Crippen LogP contribution in [0.1, 0.15) is 66.2 Å². The molecule has 1 heterocycles. The first-order valence-corrected chi connectivity index (χ1v) is 10.4. The van der Waals surface area contributed by atoms with Crippen molar-refractivity contribution in [1.82, 2.24) is 0 Å². The molecule has 0 amide bonds. The van der Waals surface area contributed by atoms with Crippen LogP contribution < -0.4 is 0 Å². The highest BCUT2D eigenvalue weighted by Crippen LogP contribution is 2.28. The van der Waals surface area contributed by atoms with Gasteiger partial charge in [0.25, 0.3) is 0 Å². The fourth-order valence-electron chi connectivity index (χ4n) is 2.89.